The number of hydrogen-bond acceptors (Lipinski definition) is 2. The van der Waals surface area contributed by atoms with Crippen molar-refractivity contribution in [2.45, 2.75) is 18.6 Å². The summed E-state index contributed by atoms with van der Waals surface area (Å²) in [7, 11) is 0. The van der Waals surface area contributed by atoms with E-state index in [0.717, 1.165) is 6.07 Å². The number of rotatable bonds is 3. The molecule has 1 saturated heterocycles. The van der Waals surface area contributed by atoms with E-state index in [1.165, 1.54) is 23.1 Å². The summed E-state index contributed by atoms with van der Waals surface area (Å²) in [5.74, 6) is -2.31. The van der Waals surface area contributed by atoms with Gasteiger partial charge < -0.3 is 15.5 Å². The lowest BCUT2D eigenvalue weighted by molar-refractivity contribution is -0.140. The lowest BCUT2D eigenvalue weighted by atomic mass is 10.2. The lowest BCUT2D eigenvalue weighted by Gasteiger charge is -2.17. The van der Waals surface area contributed by atoms with Crippen LogP contribution in [0.15, 0.2) is 42.5 Å². The summed E-state index contributed by atoms with van der Waals surface area (Å²) in [6, 6.07) is 5.98. The Labute approximate surface area is 156 Å². The van der Waals surface area contributed by atoms with Crippen molar-refractivity contribution >= 4 is 23.3 Å². The summed E-state index contributed by atoms with van der Waals surface area (Å²) >= 11 is 0. The van der Waals surface area contributed by atoms with E-state index in [2.05, 4.69) is 10.6 Å². The highest BCUT2D eigenvalue weighted by molar-refractivity contribution is 5.97. The van der Waals surface area contributed by atoms with E-state index < -0.39 is 35.4 Å². The van der Waals surface area contributed by atoms with Crippen LogP contribution in [-0.4, -0.2) is 24.5 Å². The van der Waals surface area contributed by atoms with Crippen molar-refractivity contribution in [3.63, 3.8) is 0 Å². The normalized spacial score (nSPS) is 17.0. The highest BCUT2D eigenvalue weighted by Crippen LogP contribution is 2.33. The molecule has 3 amide bonds. The Balaban J connectivity index is 1.64. The Morgan fingerprint density at radius 2 is 1.86 bits per heavy atom. The fraction of sp³-hybridized carbons (Fsp3) is 0.222. The van der Waals surface area contributed by atoms with Crippen LogP contribution >= 0.6 is 0 Å². The third-order valence-corrected chi connectivity index (χ3v) is 4.11. The van der Waals surface area contributed by atoms with Gasteiger partial charge in [-0.2, -0.15) is 13.2 Å². The van der Waals surface area contributed by atoms with Crippen LogP contribution in [0.25, 0.3) is 0 Å². The number of urea groups is 1. The maximum atomic E-state index is 13.3. The van der Waals surface area contributed by atoms with Crippen LogP contribution in [0, 0.1) is 11.6 Å². The first-order valence-electron chi connectivity index (χ1n) is 8.13. The topological polar surface area (TPSA) is 61.4 Å². The molecule has 28 heavy (non-hydrogen) atoms. The quantitative estimate of drug-likeness (QED) is 0.769. The molecule has 0 aliphatic carbocycles. The Hall–Kier alpha value is -3.17. The smallest absolute Gasteiger partial charge is 0.333 e. The van der Waals surface area contributed by atoms with Crippen molar-refractivity contribution in [3.8, 4) is 0 Å². The molecule has 1 aliphatic heterocycles. The number of nitrogens with one attached hydrogen (secondary N) is 2. The Morgan fingerprint density at radius 3 is 2.54 bits per heavy atom. The van der Waals surface area contributed by atoms with Gasteiger partial charge in [-0.1, -0.05) is 6.07 Å². The third-order valence-electron chi connectivity index (χ3n) is 4.11. The molecule has 0 bridgehead atoms. The van der Waals surface area contributed by atoms with Gasteiger partial charge in [0.1, 0.15) is 11.6 Å². The van der Waals surface area contributed by atoms with Crippen LogP contribution in [0.4, 0.5) is 38.1 Å². The van der Waals surface area contributed by atoms with Gasteiger partial charge in [0.25, 0.3) is 0 Å². The predicted octanol–water partition coefficient (Wildman–Crippen LogP) is 3.91. The molecule has 1 fully saturated rings. The van der Waals surface area contributed by atoms with Gasteiger partial charge in [-0.15, -0.1) is 0 Å². The number of carbonyl (C=O) groups is 2. The number of nitrogens with zero attached hydrogens (tertiary/aromatic N) is 1. The molecule has 0 aromatic heterocycles. The Bertz CT molecular complexity index is 916. The largest absolute Gasteiger partial charge is 0.419 e. The second kappa shape index (κ2) is 7.45. The van der Waals surface area contributed by atoms with Gasteiger partial charge in [-0.25, -0.2) is 13.6 Å². The number of alkyl halides is 3. The zero-order chi connectivity index (χ0) is 20.5. The molecule has 1 heterocycles. The molecule has 0 radical (unpaired) electrons. The molecule has 1 unspecified atom stereocenters. The minimum Gasteiger partial charge on any atom is -0.333 e. The van der Waals surface area contributed by atoms with E-state index in [1.807, 2.05) is 0 Å². The third kappa shape index (κ3) is 4.38. The monoisotopic (exact) mass is 399 g/mol. The standard InChI is InChI=1S/C18H14F5N3O2/c19-10-2-1-3-13(6-10)26-9-12(8-16(26)27)25-17(28)24-11-4-5-15(20)14(7-11)18(21,22)23/h1-7,12H,8-9H2,(H2,24,25,28). The number of halogens is 5. The minimum absolute atomic E-state index is 0.0544. The first kappa shape index (κ1) is 19.6. The van der Waals surface area contributed by atoms with Crippen LogP contribution in [0.5, 0.6) is 0 Å². The van der Waals surface area contributed by atoms with Crippen LogP contribution in [0.3, 0.4) is 0 Å². The van der Waals surface area contributed by atoms with E-state index in [4.69, 9.17) is 0 Å². The number of benzene rings is 2. The van der Waals surface area contributed by atoms with Crippen molar-refractivity contribution in [3.05, 3.63) is 59.7 Å². The van der Waals surface area contributed by atoms with E-state index in [9.17, 15) is 31.5 Å². The summed E-state index contributed by atoms with van der Waals surface area (Å²) in [4.78, 5) is 25.4. The van der Waals surface area contributed by atoms with E-state index in [0.29, 0.717) is 17.8 Å². The summed E-state index contributed by atoms with van der Waals surface area (Å²) in [6.07, 6.45) is -4.96. The summed E-state index contributed by atoms with van der Waals surface area (Å²) in [5.41, 5.74) is -1.42. The van der Waals surface area contributed by atoms with Gasteiger partial charge in [0, 0.05) is 24.3 Å². The molecule has 2 aromatic rings. The lowest BCUT2D eigenvalue weighted by Crippen LogP contribution is -2.39. The average molecular weight is 399 g/mol. The zero-order valence-electron chi connectivity index (χ0n) is 14.2. The molecule has 1 aliphatic rings. The van der Waals surface area contributed by atoms with E-state index in [1.54, 1.807) is 6.07 Å². The van der Waals surface area contributed by atoms with Crippen LogP contribution in [0.1, 0.15) is 12.0 Å². The van der Waals surface area contributed by atoms with Gasteiger partial charge in [-0.05, 0) is 36.4 Å². The first-order chi connectivity index (χ1) is 13.1. The van der Waals surface area contributed by atoms with Crippen molar-refractivity contribution < 1.29 is 31.5 Å². The molecule has 0 saturated carbocycles. The SMILES string of the molecule is O=C(Nc1ccc(F)c(C(F)(F)F)c1)NC1CC(=O)N(c2cccc(F)c2)C1. The maximum Gasteiger partial charge on any atom is 0.419 e. The van der Waals surface area contributed by atoms with Gasteiger partial charge >= 0.3 is 12.2 Å². The molecule has 148 valence electrons. The highest BCUT2D eigenvalue weighted by Gasteiger charge is 2.35. The summed E-state index contributed by atoms with van der Waals surface area (Å²) in [5, 5.41) is 4.64. The maximum absolute atomic E-state index is 13.3. The van der Waals surface area contributed by atoms with Crippen molar-refractivity contribution in [1.29, 1.82) is 0 Å². The summed E-state index contributed by atoms with van der Waals surface area (Å²) < 4.78 is 64.8. The Kier molecular flexibility index (Phi) is 5.21. The number of hydrogen-bond donors (Lipinski definition) is 2. The molecule has 10 heteroatoms. The number of amides is 3. The molecule has 1 atom stereocenters. The Morgan fingerprint density at radius 1 is 1.11 bits per heavy atom. The first-order valence-corrected chi connectivity index (χ1v) is 8.13. The molecule has 5 nitrogen and oxygen atoms in total. The minimum atomic E-state index is -4.90. The highest BCUT2D eigenvalue weighted by atomic mass is 19.4. The molecular weight excluding hydrogens is 385 g/mol. The second-order valence-corrected chi connectivity index (χ2v) is 6.18. The van der Waals surface area contributed by atoms with Crippen molar-refractivity contribution in [2.75, 3.05) is 16.8 Å². The fourth-order valence-corrected chi connectivity index (χ4v) is 2.87. The van der Waals surface area contributed by atoms with Crippen LogP contribution in [-0.2, 0) is 11.0 Å². The van der Waals surface area contributed by atoms with Gasteiger partial charge in [0.05, 0.1) is 11.6 Å². The van der Waals surface area contributed by atoms with E-state index >= 15 is 0 Å². The van der Waals surface area contributed by atoms with E-state index in [-0.39, 0.29) is 24.6 Å². The average Bonchev–Trinajstić information content (AvgIpc) is 2.95. The van der Waals surface area contributed by atoms with Gasteiger partial charge in [0.2, 0.25) is 5.91 Å². The van der Waals surface area contributed by atoms with Gasteiger partial charge in [0.15, 0.2) is 0 Å². The summed E-state index contributed by atoms with van der Waals surface area (Å²) in [6.45, 7) is 0.0763. The second-order valence-electron chi connectivity index (χ2n) is 6.18. The van der Waals surface area contributed by atoms with Crippen LogP contribution in [0.2, 0.25) is 0 Å². The van der Waals surface area contributed by atoms with Crippen molar-refractivity contribution in [1.82, 2.24) is 5.32 Å². The molecule has 2 N–H and O–H groups in total. The molecule has 2 aromatic carbocycles. The number of anilines is 2. The number of carbonyl (C=O) groups excluding carboxylic acids is 2. The zero-order valence-corrected chi connectivity index (χ0v) is 14.2. The van der Waals surface area contributed by atoms with Gasteiger partial charge in [-0.3, -0.25) is 4.79 Å². The molecular formula is C18H14F5N3O2. The predicted molar refractivity (Wildman–Crippen MR) is 90.7 cm³/mol. The fourth-order valence-electron chi connectivity index (χ4n) is 2.87. The molecule has 0 spiro atoms. The van der Waals surface area contributed by atoms with Crippen molar-refractivity contribution in [2.24, 2.45) is 0 Å². The molecule has 3 rings (SSSR count). The van der Waals surface area contributed by atoms with Crippen LogP contribution < -0.4 is 15.5 Å².